The smallest absolute Gasteiger partial charge is 0.263 e. The largest absolute Gasteiger partial charge is 0.481 e. The van der Waals surface area contributed by atoms with Gasteiger partial charge in [0.15, 0.2) is 11.9 Å². The van der Waals surface area contributed by atoms with Crippen LogP contribution in [-0.2, 0) is 4.79 Å². The Hall–Kier alpha value is -3.48. The van der Waals surface area contributed by atoms with Gasteiger partial charge in [0.25, 0.3) is 5.91 Å². The van der Waals surface area contributed by atoms with Crippen LogP contribution in [0.5, 0.6) is 5.75 Å². The monoisotopic (exact) mass is 417 g/mol. The molecule has 1 aliphatic heterocycles. The first-order valence-electron chi connectivity index (χ1n) is 10.5. The molecule has 7 nitrogen and oxygen atoms in total. The molecule has 3 aromatic rings. The zero-order chi connectivity index (χ0) is 21.8. The number of piperazine rings is 1. The molecule has 0 spiro atoms. The van der Waals surface area contributed by atoms with Crippen molar-refractivity contribution in [2.45, 2.75) is 26.9 Å². The second-order valence-electron chi connectivity index (χ2n) is 7.84. The summed E-state index contributed by atoms with van der Waals surface area (Å²) in [7, 11) is 0. The Balaban J connectivity index is 1.32. The van der Waals surface area contributed by atoms with Crippen molar-refractivity contribution < 1.29 is 9.53 Å². The Labute approximate surface area is 182 Å². The maximum atomic E-state index is 12.8. The molecule has 4 rings (SSSR count). The lowest BCUT2D eigenvalue weighted by atomic mass is 10.1. The van der Waals surface area contributed by atoms with E-state index in [1.54, 1.807) is 12.4 Å². The van der Waals surface area contributed by atoms with E-state index in [9.17, 15) is 4.79 Å². The molecule has 0 radical (unpaired) electrons. The van der Waals surface area contributed by atoms with Gasteiger partial charge in [-0.05, 0) is 68.3 Å². The molecule has 1 aliphatic rings. The summed E-state index contributed by atoms with van der Waals surface area (Å²) in [6, 6.07) is 13.7. The molecule has 1 amide bonds. The molecule has 3 heterocycles. The van der Waals surface area contributed by atoms with E-state index in [1.807, 2.05) is 61.2 Å². The second kappa shape index (κ2) is 9.12. The fourth-order valence-corrected chi connectivity index (χ4v) is 3.62. The van der Waals surface area contributed by atoms with Gasteiger partial charge in [-0.25, -0.2) is 0 Å². The van der Waals surface area contributed by atoms with Crippen molar-refractivity contribution in [1.29, 1.82) is 0 Å². The lowest BCUT2D eigenvalue weighted by Crippen LogP contribution is -2.52. The lowest BCUT2D eigenvalue weighted by molar-refractivity contribution is -0.138. The highest BCUT2D eigenvalue weighted by Gasteiger charge is 2.26. The van der Waals surface area contributed by atoms with Gasteiger partial charge in [-0.3, -0.25) is 9.78 Å². The van der Waals surface area contributed by atoms with Gasteiger partial charge in [-0.1, -0.05) is 6.07 Å². The van der Waals surface area contributed by atoms with Gasteiger partial charge in [0.1, 0.15) is 5.75 Å². The van der Waals surface area contributed by atoms with Gasteiger partial charge in [-0.15, -0.1) is 10.2 Å². The molecule has 1 unspecified atom stereocenters. The molecule has 160 valence electrons. The summed E-state index contributed by atoms with van der Waals surface area (Å²) in [5.74, 6) is 1.56. The molecule has 1 aromatic carbocycles. The highest BCUT2D eigenvalue weighted by molar-refractivity contribution is 5.81. The number of aromatic nitrogens is 3. The van der Waals surface area contributed by atoms with E-state index in [1.165, 1.54) is 5.56 Å². The average Bonchev–Trinajstić information content (AvgIpc) is 2.82. The van der Waals surface area contributed by atoms with Gasteiger partial charge in [0.05, 0.1) is 5.69 Å². The van der Waals surface area contributed by atoms with E-state index in [4.69, 9.17) is 4.74 Å². The van der Waals surface area contributed by atoms with Crippen LogP contribution in [0.25, 0.3) is 11.3 Å². The zero-order valence-corrected chi connectivity index (χ0v) is 18.2. The Morgan fingerprint density at radius 2 is 1.81 bits per heavy atom. The number of benzene rings is 1. The molecule has 7 heteroatoms. The normalized spacial score (nSPS) is 14.9. The Bertz CT molecular complexity index is 1030. The Morgan fingerprint density at radius 1 is 1.00 bits per heavy atom. The summed E-state index contributed by atoms with van der Waals surface area (Å²) in [4.78, 5) is 21.0. The molecule has 0 aliphatic carbocycles. The summed E-state index contributed by atoms with van der Waals surface area (Å²) in [5, 5.41) is 8.71. The summed E-state index contributed by atoms with van der Waals surface area (Å²) in [6.07, 6.45) is 2.99. The van der Waals surface area contributed by atoms with E-state index in [0.29, 0.717) is 26.2 Å². The highest BCUT2D eigenvalue weighted by Crippen LogP contribution is 2.20. The summed E-state index contributed by atoms with van der Waals surface area (Å²) < 4.78 is 5.90. The first-order chi connectivity index (χ1) is 15.0. The van der Waals surface area contributed by atoms with Gasteiger partial charge < -0.3 is 14.5 Å². The van der Waals surface area contributed by atoms with Gasteiger partial charge in [-0.2, -0.15) is 0 Å². The minimum absolute atomic E-state index is 0.0101. The zero-order valence-electron chi connectivity index (χ0n) is 18.2. The van der Waals surface area contributed by atoms with Crippen LogP contribution in [-0.4, -0.2) is 58.3 Å². The number of anilines is 1. The van der Waals surface area contributed by atoms with Crippen molar-refractivity contribution >= 4 is 11.7 Å². The molecular weight excluding hydrogens is 390 g/mol. The minimum atomic E-state index is -0.521. The number of aryl methyl sites for hydroxylation is 2. The van der Waals surface area contributed by atoms with E-state index in [2.05, 4.69) is 27.0 Å². The first-order valence-corrected chi connectivity index (χ1v) is 10.5. The maximum Gasteiger partial charge on any atom is 0.263 e. The number of carbonyl (C=O) groups is 1. The van der Waals surface area contributed by atoms with Crippen molar-refractivity contribution in [2.24, 2.45) is 0 Å². The van der Waals surface area contributed by atoms with Crippen molar-refractivity contribution in [1.82, 2.24) is 20.1 Å². The molecule has 31 heavy (non-hydrogen) atoms. The predicted octanol–water partition coefficient (Wildman–Crippen LogP) is 3.27. The SMILES string of the molecule is Cc1ccc(OC(C)C(=O)N2CCN(c3ccc(-c4cccnc4)nn3)CC2)cc1C. The van der Waals surface area contributed by atoms with Crippen molar-refractivity contribution in [3.63, 3.8) is 0 Å². The standard InChI is InChI=1S/C24H27N5O2/c1-17-6-7-21(15-18(17)2)31-19(3)24(30)29-13-11-28(12-14-29)23-9-8-22(26-27-23)20-5-4-10-25-16-20/h4-10,15-16,19H,11-14H2,1-3H3. The van der Waals surface area contributed by atoms with Crippen LogP contribution in [0, 0.1) is 13.8 Å². The third-order valence-corrected chi connectivity index (χ3v) is 5.66. The van der Waals surface area contributed by atoms with Crippen LogP contribution in [0.2, 0.25) is 0 Å². The molecular formula is C24H27N5O2. The molecule has 1 fully saturated rings. The number of carbonyl (C=O) groups excluding carboxylic acids is 1. The van der Waals surface area contributed by atoms with E-state index < -0.39 is 6.10 Å². The summed E-state index contributed by atoms with van der Waals surface area (Å²) >= 11 is 0. The van der Waals surface area contributed by atoms with Gasteiger partial charge in [0.2, 0.25) is 0 Å². The number of amides is 1. The van der Waals surface area contributed by atoms with Crippen molar-refractivity contribution in [2.75, 3.05) is 31.1 Å². The van der Waals surface area contributed by atoms with Crippen LogP contribution in [0.15, 0.2) is 54.9 Å². The van der Waals surface area contributed by atoms with Crippen LogP contribution in [0.3, 0.4) is 0 Å². The van der Waals surface area contributed by atoms with Crippen LogP contribution in [0.4, 0.5) is 5.82 Å². The first kappa shape index (κ1) is 20.8. The molecule has 1 saturated heterocycles. The van der Waals surface area contributed by atoms with Crippen LogP contribution in [0.1, 0.15) is 18.1 Å². The lowest BCUT2D eigenvalue weighted by Gasteiger charge is -2.36. The Kier molecular flexibility index (Phi) is 6.11. The van der Waals surface area contributed by atoms with Gasteiger partial charge in [0, 0.05) is 44.1 Å². The fraction of sp³-hybridized carbons (Fsp3) is 0.333. The molecule has 2 aromatic heterocycles. The quantitative estimate of drug-likeness (QED) is 0.635. The molecule has 1 atom stereocenters. The minimum Gasteiger partial charge on any atom is -0.481 e. The third kappa shape index (κ3) is 4.82. The predicted molar refractivity (Wildman–Crippen MR) is 120 cm³/mol. The number of hydrogen-bond donors (Lipinski definition) is 0. The topological polar surface area (TPSA) is 71.5 Å². The van der Waals surface area contributed by atoms with Crippen molar-refractivity contribution in [3.8, 4) is 17.0 Å². The number of ether oxygens (including phenoxy) is 1. The number of rotatable bonds is 5. The molecule has 0 N–H and O–H groups in total. The van der Waals surface area contributed by atoms with E-state index in [-0.39, 0.29) is 5.91 Å². The molecule has 0 saturated carbocycles. The fourth-order valence-electron chi connectivity index (χ4n) is 3.62. The number of hydrogen-bond acceptors (Lipinski definition) is 6. The van der Waals surface area contributed by atoms with E-state index in [0.717, 1.165) is 28.4 Å². The average molecular weight is 418 g/mol. The van der Waals surface area contributed by atoms with Crippen molar-refractivity contribution in [3.05, 3.63) is 66.0 Å². The summed E-state index contributed by atoms with van der Waals surface area (Å²) in [6.45, 7) is 8.60. The maximum absolute atomic E-state index is 12.8. The van der Waals surface area contributed by atoms with E-state index >= 15 is 0 Å². The number of nitrogens with zero attached hydrogens (tertiary/aromatic N) is 5. The highest BCUT2D eigenvalue weighted by atomic mass is 16.5. The Morgan fingerprint density at radius 3 is 2.45 bits per heavy atom. The van der Waals surface area contributed by atoms with Crippen LogP contribution >= 0.6 is 0 Å². The third-order valence-electron chi connectivity index (χ3n) is 5.66. The second-order valence-corrected chi connectivity index (χ2v) is 7.84. The van der Waals surface area contributed by atoms with Crippen LogP contribution < -0.4 is 9.64 Å². The number of pyridine rings is 1. The molecule has 0 bridgehead atoms. The summed E-state index contributed by atoms with van der Waals surface area (Å²) in [5.41, 5.74) is 4.10. The van der Waals surface area contributed by atoms with Gasteiger partial charge >= 0.3 is 0 Å².